The Hall–Kier alpha value is -1.97. The van der Waals surface area contributed by atoms with Crippen molar-refractivity contribution in [1.82, 2.24) is 0 Å². The van der Waals surface area contributed by atoms with Crippen molar-refractivity contribution in [1.29, 1.82) is 0 Å². The predicted molar refractivity (Wildman–Crippen MR) is 147 cm³/mol. The largest absolute Gasteiger partial charge is 0.480 e. The topological polar surface area (TPSA) is 57.1 Å². The Bertz CT molecular complexity index is 1070. The maximum absolute atomic E-state index is 14.0. The summed E-state index contributed by atoms with van der Waals surface area (Å²) in [5, 5.41) is -1.19. The standard InChI is InChI=1S/C29H43F3NO4P/c1-9-10-11-12-13-18-35-25-15-14-23(19-24(25)29(30,31)32)16-17-28(20-36-22(2)33-28)21-37-38(34,26(3,4)5)27(6,7)8/h14-15,19H,9-11,16-18,20-21H2,1-8H3. The fraction of sp³-hybridized carbons (Fsp3) is 0.690. The van der Waals surface area contributed by atoms with Gasteiger partial charge in [-0.1, -0.05) is 72.8 Å². The van der Waals surface area contributed by atoms with Crippen molar-refractivity contribution in [2.24, 2.45) is 4.99 Å². The van der Waals surface area contributed by atoms with Gasteiger partial charge in [-0.3, -0.25) is 4.57 Å². The molecule has 38 heavy (non-hydrogen) atoms. The summed E-state index contributed by atoms with van der Waals surface area (Å²) in [7, 11) is -3.16. The smallest absolute Gasteiger partial charge is 0.419 e. The number of ether oxygens (including phenoxy) is 2. The molecule has 1 aliphatic rings. The van der Waals surface area contributed by atoms with Gasteiger partial charge >= 0.3 is 6.18 Å². The second-order valence-corrected chi connectivity index (χ2v) is 15.9. The van der Waals surface area contributed by atoms with Gasteiger partial charge in [0, 0.05) is 23.7 Å². The summed E-state index contributed by atoms with van der Waals surface area (Å²) in [6.07, 6.45) is -1.24. The van der Waals surface area contributed by atoms with E-state index in [0.717, 1.165) is 18.9 Å². The molecule has 0 fully saturated rings. The zero-order valence-electron chi connectivity index (χ0n) is 24.1. The third kappa shape index (κ3) is 8.26. The molecular formula is C29H43F3NO4P. The summed E-state index contributed by atoms with van der Waals surface area (Å²) in [5.74, 6) is 5.93. The molecule has 5 nitrogen and oxygen atoms in total. The average Bonchev–Trinajstić information content (AvgIpc) is 3.17. The van der Waals surface area contributed by atoms with Crippen LogP contribution in [0.1, 0.15) is 92.2 Å². The molecule has 0 spiro atoms. The van der Waals surface area contributed by atoms with Crippen LogP contribution in [0.3, 0.4) is 0 Å². The number of hydrogen-bond donors (Lipinski definition) is 0. The summed E-state index contributed by atoms with van der Waals surface area (Å²) in [4.78, 5) is 4.65. The highest BCUT2D eigenvalue weighted by atomic mass is 31.2. The molecule has 1 atom stereocenters. The van der Waals surface area contributed by atoms with Crippen molar-refractivity contribution in [3.05, 3.63) is 29.3 Å². The maximum Gasteiger partial charge on any atom is 0.419 e. The van der Waals surface area contributed by atoms with Gasteiger partial charge in [-0.2, -0.15) is 13.2 Å². The van der Waals surface area contributed by atoms with Crippen molar-refractivity contribution in [3.63, 3.8) is 0 Å². The molecule has 0 N–H and O–H groups in total. The Morgan fingerprint density at radius 2 is 1.76 bits per heavy atom. The van der Waals surface area contributed by atoms with Crippen LogP contribution in [0.2, 0.25) is 0 Å². The number of unbranched alkanes of at least 4 members (excludes halogenated alkanes) is 2. The first-order valence-electron chi connectivity index (χ1n) is 13.2. The first-order valence-corrected chi connectivity index (χ1v) is 14.8. The van der Waals surface area contributed by atoms with E-state index in [1.165, 1.54) is 6.07 Å². The normalized spacial score (nSPS) is 18.4. The van der Waals surface area contributed by atoms with E-state index in [0.29, 0.717) is 30.7 Å². The highest BCUT2D eigenvalue weighted by Gasteiger charge is 2.50. The first-order chi connectivity index (χ1) is 17.4. The fourth-order valence-corrected chi connectivity index (χ4v) is 7.70. The van der Waals surface area contributed by atoms with Gasteiger partial charge in [0.25, 0.3) is 0 Å². The average molecular weight is 558 g/mol. The minimum atomic E-state index is -4.57. The molecular weight excluding hydrogens is 514 g/mol. The molecule has 0 amide bonds. The third-order valence-corrected chi connectivity index (χ3v) is 10.6. The summed E-state index contributed by atoms with van der Waals surface area (Å²) in [6.45, 7) is 15.3. The van der Waals surface area contributed by atoms with E-state index < -0.39 is 35.0 Å². The Morgan fingerprint density at radius 3 is 2.29 bits per heavy atom. The Morgan fingerprint density at radius 1 is 1.11 bits per heavy atom. The van der Waals surface area contributed by atoms with Gasteiger partial charge in [0.1, 0.15) is 24.5 Å². The highest BCUT2D eigenvalue weighted by Crippen LogP contribution is 2.67. The number of alkyl halides is 3. The van der Waals surface area contributed by atoms with Gasteiger partial charge in [-0.15, -0.1) is 0 Å². The minimum absolute atomic E-state index is 0.0557. The van der Waals surface area contributed by atoms with Crippen LogP contribution in [-0.4, -0.2) is 41.6 Å². The fourth-order valence-electron chi connectivity index (χ4n) is 4.49. The molecule has 0 aliphatic carbocycles. The lowest BCUT2D eigenvalue weighted by Gasteiger charge is -2.41. The van der Waals surface area contributed by atoms with Crippen molar-refractivity contribution in [2.75, 3.05) is 19.8 Å². The van der Waals surface area contributed by atoms with Crippen LogP contribution in [0.4, 0.5) is 13.2 Å². The summed E-state index contributed by atoms with van der Waals surface area (Å²) in [5.41, 5.74) is -1.17. The van der Waals surface area contributed by atoms with Crippen molar-refractivity contribution in [2.45, 2.75) is 110 Å². The number of aliphatic imine (C=N–C) groups is 1. The zero-order valence-corrected chi connectivity index (χ0v) is 24.9. The SMILES string of the molecule is CCCCC#CCOc1ccc(CCC2(COP(=O)(C(C)(C)C)C(C)(C)C)COC(C)=N2)cc1C(F)(F)F. The van der Waals surface area contributed by atoms with Gasteiger partial charge in [0.05, 0.1) is 12.2 Å². The number of benzene rings is 1. The second-order valence-electron chi connectivity index (χ2n) is 11.9. The summed E-state index contributed by atoms with van der Waals surface area (Å²) < 4.78 is 72.7. The summed E-state index contributed by atoms with van der Waals surface area (Å²) >= 11 is 0. The molecule has 1 heterocycles. The van der Waals surface area contributed by atoms with E-state index in [1.807, 2.05) is 48.5 Å². The molecule has 0 aromatic heterocycles. The molecule has 1 aromatic rings. The monoisotopic (exact) mass is 557 g/mol. The van der Waals surface area contributed by atoms with E-state index >= 15 is 0 Å². The van der Waals surface area contributed by atoms with Gasteiger partial charge < -0.3 is 14.0 Å². The minimum Gasteiger partial charge on any atom is -0.480 e. The summed E-state index contributed by atoms with van der Waals surface area (Å²) in [6, 6.07) is 4.10. The zero-order chi connectivity index (χ0) is 28.8. The number of hydrogen-bond acceptors (Lipinski definition) is 5. The van der Waals surface area contributed by atoms with Crippen LogP contribution in [0.5, 0.6) is 5.75 Å². The quantitative estimate of drug-likeness (QED) is 0.165. The molecule has 0 saturated carbocycles. The number of nitrogens with zero attached hydrogens (tertiary/aromatic N) is 1. The van der Waals surface area contributed by atoms with Crippen LogP contribution in [0.15, 0.2) is 23.2 Å². The van der Waals surface area contributed by atoms with Crippen LogP contribution in [0.25, 0.3) is 0 Å². The van der Waals surface area contributed by atoms with E-state index in [9.17, 15) is 17.7 Å². The Balaban J connectivity index is 2.22. The second kappa shape index (κ2) is 12.5. The predicted octanol–water partition coefficient (Wildman–Crippen LogP) is 8.29. The van der Waals surface area contributed by atoms with E-state index in [2.05, 4.69) is 16.8 Å². The lowest BCUT2D eigenvalue weighted by atomic mass is 9.93. The molecule has 1 aliphatic heterocycles. The highest BCUT2D eigenvalue weighted by molar-refractivity contribution is 7.62. The first kappa shape index (κ1) is 32.2. The van der Waals surface area contributed by atoms with Crippen molar-refractivity contribution >= 4 is 13.3 Å². The number of halogens is 3. The lowest BCUT2D eigenvalue weighted by Crippen LogP contribution is -2.38. The van der Waals surface area contributed by atoms with Crippen LogP contribution in [0, 0.1) is 11.8 Å². The molecule has 0 radical (unpaired) electrons. The Kier molecular flexibility index (Phi) is 10.6. The number of aryl methyl sites for hydroxylation is 1. The van der Waals surface area contributed by atoms with Crippen LogP contribution >= 0.6 is 7.37 Å². The van der Waals surface area contributed by atoms with Crippen LogP contribution < -0.4 is 4.74 Å². The molecule has 0 saturated heterocycles. The van der Waals surface area contributed by atoms with Crippen LogP contribution in [-0.2, 0) is 26.4 Å². The molecule has 214 valence electrons. The molecule has 1 aromatic carbocycles. The van der Waals surface area contributed by atoms with E-state index in [1.54, 1.807) is 13.0 Å². The van der Waals surface area contributed by atoms with Gasteiger partial charge in [-0.25, -0.2) is 4.99 Å². The van der Waals surface area contributed by atoms with Gasteiger partial charge in [0.15, 0.2) is 5.90 Å². The molecule has 2 rings (SSSR count). The van der Waals surface area contributed by atoms with Gasteiger partial charge in [0.2, 0.25) is 7.37 Å². The maximum atomic E-state index is 14.0. The third-order valence-electron chi connectivity index (χ3n) is 6.53. The van der Waals surface area contributed by atoms with Gasteiger partial charge in [-0.05, 0) is 37.0 Å². The van der Waals surface area contributed by atoms with Crippen molar-refractivity contribution < 1.29 is 31.7 Å². The lowest BCUT2D eigenvalue weighted by molar-refractivity contribution is -0.138. The van der Waals surface area contributed by atoms with Crippen molar-refractivity contribution in [3.8, 4) is 17.6 Å². The molecule has 0 bridgehead atoms. The van der Waals surface area contributed by atoms with E-state index in [4.69, 9.17) is 14.0 Å². The number of rotatable bonds is 10. The Labute approximate surface area is 226 Å². The van der Waals surface area contributed by atoms with E-state index in [-0.39, 0.29) is 25.6 Å². The molecule has 9 heteroatoms. The molecule has 1 unspecified atom stereocenters.